The monoisotopic (exact) mass is 382 g/mol. The fourth-order valence-electron chi connectivity index (χ4n) is 2.91. The molecule has 0 amide bonds. The Bertz CT molecular complexity index is 1010. The van der Waals surface area contributed by atoms with Crippen LogP contribution in [0.2, 0.25) is 5.02 Å². The number of hydrogen-bond acceptors (Lipinski definition) is 4. The summed E-state index contributed by atoms with van der Waals surface area (Å²) in [6, 6.07) is 16.8. The van der Waals surface area contributed by atoms with Crippen molar-refractivity contribution in [3.8, 4) is 11.1 Å². The van der Waals surface area contributed by atoms with Crippen LogP contribution in [0.15, 0.2) is 54.6 Å². The highest BCUT2D eigenvalue weighted by Gasteiger charge is 2.21. The first-order chi connectivity index (χ1) is 13.0. The first kappa shape index (κ1) is 18.9. The van der Waals surface area contributed by atoms with Crippen molar-refractivity contribution >= 4 is 34.3 Å². The SMILES string of the molecule is CCOC(=O)c1cc(-c2ccc3ccccc3c2)c(C(=O)OCC)cc1Cl. The van der Waals surface area contributed by atoms with E-state index in [1.54, 1.807) is 19.9 Å². The summed E-state index contributed by atoms with van der Waals surface area (Å²) < 4.78 is 10.2. The Kier molecular flexibility index (Phi) is 5.77. The molecular weight excluding hydrogens is 364 g/mol. The molecule has 0 fully saturated rings. The number of ether oxygens (including phenoxy) is 2. The maximum Gasteiger partial charge on any atom is 0.339 e. The molecule has 0 saturated carbocycles. The van der Waals surface area contributed by atoms with Gasteiger partial charge in [0, 0.05) is 0 Å². The highest BCUT2D eigenvalue weighted by molar-refractivity contribution is 6.34. The largest absolute Gasteiger partial charge is 0.462 e. The van der Waals surface area contributed by atoms with Crippen LogP contribution < -0.4 is 0 Å². The molecule has 138 valence electrons. The molecule has 3 aromatic rings. The number of benzene rings is 3. The van der Waals surface area contributed by atoms with Crippen molar-refractivity contribution in [2.45, 2.75) is 13.8 Å². The summed E-state index contributed by atoms with van der Waals surface area (Å²) in [5.74, 6) is -1.02. The van der Waals surface area contributed by atoms with E-state index in [1.165, 1.54) is 6.07 Å². The van der Waals surface area contributed by atoms with Crippen LogP contribution in [-0.4, -0.2) is 25.2 Å². The van der Waals surface area contributed by atoms with E-state index in [0.717, 1.165) is 16.3 Å². The molecule has 0 aliphatic rings. The summed E-state index contributed by atoms with van der Waals surface area (Å²) in [7, 11) is 0. The second-order valence-corrected chi connectivity index (χ2v) is 6.29. The predicted octanol–water partition coefficient (Wildman–Crippen LogP) is 5.51. The average molecular weight is 383 g/mol. The van der Waals surface area contributed by atoms with E-state index in [2.05, 4.69) is 0 Å². The van der Waals surface area contributed by atoms with Gasteiger partial charge >= 0.3 is 11.9 Å². The maximum absolute atomic E-state index is 12.5. The summed E-state index contributed by atoms with van der Waals surface area (Å²) in [4.78, 5) is 24.7. The van der Waals surface area contributed by atoms with Crippen molar-refractivity contribution in [2.75, 3.05) is 13.2 Å². The molecule has 0 N–H and O–H groups in total. The zero-order valence-corrected chi connectivity index (χ0v) is 15.9. The molecule has 3 rings (SSSR count). The number of halogens is 1. The van der Waals surface area contributed by atoms with Crippen molar-refractivity contribution in [3.63, 3.8) is 0 Å². The number of carbonyl (C=O) groups excluding carboxylic acids is 2. The number of rotatable bonds is 5. The van der Waals surface area contributed by atoms with Gasteiger partial charge in [-0.15, -0.1) is 0 Å². The minimum atomic E-state index is -0.528. The first-order valence-corrected chi connectivity index (χ1v) is 9.10. The number of esters is 2. The molecule has 0 aliphatic heterocycles. The number of fused-ring (bicyclic) bond motifs is 1. The summed E-state index contributed by atoms with van der Waals surface area (Å²) in [5, 5.41) is 2.26. The van der Waals surface area contributed by atoms with Gasteiger partial charge < -0.3 is 9.47 Å². The Morgan fingerprint density at radius 3 is 2.11 bits per heavy atom. The number of hydrogen-bond donors (Lipinski definition) is 0. The average Bonchev–Trinajstić information content (AvgIpc) is 2.67. The van der Waals surface area contributed by atoms with Gasteiger partial charge in [0.2, 0.25) is 0 Å². The molecule has 0 aromatic heterocycles. The van der Waals surface area contributed by atoms with Crippen molar-refractivity contribution < 1.29 is 19.1 Å². The minimum absolute atomic E-state index is 0.154. The second kappa shape index (κ2) is 8.23. The highest BCUT2D eigenvalue weighted by Crippen LogP contribution is 2.32. The molecule has 3 aromatic carbocycles. The zero-order chi connectivity index (χ0) is 19.4. The third kappa shape index (κ3) is 3.96. The van der Waals surface area contributed by atoms with Crippen LogP contribution in [0.25, 0.3) is 21.9 Å². The van der Waals surface area contributed by atoms with E-state index in [9.17, 15) is 9.59 Å². The van der Waals surface area contributed by atoms with Crippen LogP contribution in [0.5, 0.6) is 0 Å². The molecule has 0 saturated heterocycles. The van der Waals surface area contributed by atoms with Gasteiger partial charge in [-0.3, -0.25) is 0 Å². The lowest BCUT2D eigenvalue weighted by Gasteiger charge is -2.13. The Hall–Kier alpha value is -2.85. The molecule has 0 heterocycles. The Labute approximate surface area is 162 Å². The van der Waals surface area contributed by atoms with Gasteiger partial charge in [0.15, 0.2) is 0 Å². The fourth-order valence-corrected chi connectivity index (χ4v) is 3.15. The van der Waals surface area contributed by atoms with Crippen LogP contribution in [0, 0.1) is 0 Å². The van der Waals surface area contributed by atoms with E-state index in [4.69, 9.17) is 21.1 Å². The summed E-state index contributed by atoms with van der Waals surface area (Å²) in [6.07, 6.45) is 0. The van der Waals surface area contributed by atoms with Crippen molar-refractivity contribution in [1.29, 1.82) is 0 Å². The van der Waals surface area contributed by atoms with Gasteiger partial charge in [-0.2, -0.15) is 0 Å². The molecule has 0 bridgehead atoms. The normalized spacial score (nSPS) is 10.6. The molecular formula is C22H19ClO4. The van der Waals surface area contributed by atoms with Gasteiger partial charge in [-0.25, -0.2) is 9.59 Å². The van der Waals surface area contributed by atoms with Gasteiger partial charge in [0.25, 0.3) is 0 Å². The zero-order valence-electron chi connectivity index (χ0n) is 15.1. The van der Waals surface area contributed by atoms with E-state index in [0.29, 0.717) is 11.1 Å². The quantitative estimate of drug-likeness (QED) is 0.545. The lowest BCUT2D eigenvalue weighted by atomic mass is 9.95. The second-order valence-electron chi connectivity index (χ2n) is 5.88. The molecule has 0 unspecified atom stereocenters. The molecule has 0 atom stereocenters. The first-order valence-electron chi connectivity index (χ1n) is 8.72. The van der Waals surface area contributed by atoms with Gasteiger partial charge in [0.05, 0.1) is 29.4 Å². The van der Waals surface area contributed by atoms with E-state index >= 15 is 0 Å². The van der Waals surface area contributed by atoms with Crippen molar-refractivity contribution in [2.24, 2.45) is 0 Å². The minimum Gasteiger partial charge on any atom is -0.462 e. The van der Waals surface area contributed by atoms with E-state index in [-0.39, 0.29) is 23.8 Å². The molecule has 5 heteroatoms. The van der Waals surface area contributed by atoms with Crippen LogP contribution in [0.3, 0.4) is 0 Å². The Morgan fingerprint density at radius 2 is 1.44 bits per heavy atom. The van der Waals surface area contributed by atoms with Crippen LogP contribution in [0.1, 0.15) is 34.6 Å². The van der Waals surface area contributed by atoms with Gasteiger partial charge in [-0.1, -0.05) is 48.0 Å². The highest BCUT2D eigenvalue weighted by atomic mass is 35.5. The van der Waals surface area contributed by atoms with E-state index in [1.807, 2.05) is 42.5 Å². The smallest absolute Gasteiger partial charge is 0.339 e. The van der Waals surface area contributed by atoms with E-state index < -0.39 is 11.9 Å². The predicted molar refractivity (Wildman–Crippen MR) is 106 cm³/mol. The molecule has 0 radical (unpaired) electrons. The molecule has 0 spiro atoms. The van der Waals surface area contributed by atoms with Crippen LogP contribution in [0.4, 0.5) is 0 Å². The lowest BCUT2D eigenvalue weighted by Crippen LogP contribution is -2.10. The molecule has 0 aliphatic carbocycles. The standard InChI is InChI=1S/C22H19ClO4/c1-3-26-21(24)18-13-20(23)19(22(25)27-4-2)12-17(18)16-10-9-14-7-5-6-8-15(14)11-16/h5-13H,3-4H2,1-2H3. The third-order valence-corrected chi connectivity index (χ3v) is 4.47. The topological polar surface area (TPSA) is 52.6 Å². The Balaban J connectivity index is 2.20. The van der Waals surface area contributed by atoms with Crippen LogP contribution in [-0.2, 0) is 9.47 Å². The fraction of sp³-hybridized carbons (Fsp3) is 0.182. The summed E-state index contributed by atoms with van der Waals surface area (Å²) in [6.45, 7) is 3.94. The molecule has 4 nitrogen and oxygen atoms in total. The maximum atomic E-state index is 12.5. The van der Waals surface area contributed by atoms with Gasteiger partial charge in [-0.05, 0) is 53.9 Å². The Morgan fingerprint density at radius 1 is 0.815 bits per heavy atom. The van der Waals surface area contributed by atoms with Gasteiger partial charge in [0.1, 0.15) is 0 Å². The third-order valence-electron chi connectivity index (χ3n) is 4.16. The van der Waals surface area contributed by atoms with Crippen LogP contribution >= 0.6 is 11.6 Å². The summed E-state index contributed by atoms with van der Waals surface area (Å²) in [5.41, 5.74) is 1.89. The van der Waals surface area contributed by atoms with Crippen molar-refractivity contribution in [1.82, 2.24) is 0 Å². The number of carbonyl (C=O) groups is 2. The van der Waals surface area contributed by atoms with Crippen molar-refractivity contribution in [3.05, 3.63) is 70.7 Å². The lowest BCUT2D eigenvalue weighted by molar-refractivity contribution is 0.0512. The summed E-state index contributed by atoms with van der Waals surface area (Å²) >= 11 is 6.25. The molecule has 27 heavy (non-hydrogen) atoms.